The van der Waals surface area contributed by atoms with E-state index in [-0.39, 0.29) is 0 Å². The molecule has 2 heteroatoms. The Morgan fingerprint density at radius 1 is 1.27 bits per heavy atom. The van der Waals surface area contributed by atoms with Gasteiger partial charge < -0.3 is 10.1 Å². The minimum atomic E-state index is 0.485. The molecule has 1 N–H and O–H groups in total. The maximum Gasteiger partial charge on any atom is 0.123 e. The number of ether oxygens (including phenoxy) is 1. The highest BCUT2D eigenvalue weighted by molar-refractivity contribution is 5.43. The van der Waals surface area contributed by atoms with Crippen molar-refractivity contribution in [1.82, 2.24) is 5.32 Å². The molecule has 0 amide bonds. The van der Waals surface area contributed by atoms with Crippen molar-refractivity contribution in [2.75, 3.05) is 13.7 Å². The summed E-state index contributed by atoms with van der Waals surface area (Å²) in [4.78, 5) is 0. The smallest absolute Gasteiger partial charge is 0.123 e. The van der Waals surface area contributed by atoms with Crippen LogP contribution in [0.25, 0.3) is 0 Å². The molecule has 1 aromatic rings. The van der Waals surface area contributed by atoms with Crippen LogP contribution in [0, 0.1) is 13.8 Å². The maximum atomic E-state index is 5.45. The molecule has 1 aromatic carbocycles. The van der Waals surface area contributed by atoms with Crippen LogP contribution in [0.1, 0.15) is 35.6 Å². The van der Waals surface area contributed by atoms with E-state index in [1.54, 1.807) is 7.11 Å². The topological polar surface area (TPSA) is 21.3 Å². The Labute approximate surface area is 91.6 Å². The zero-order valence-electron chi connectivity index (χ0n) is 9.76. The standard InChI is InChI=1S/C13H19NO/c1-9-7-11(12-5-4-6-14-12)13(15-3)8-10(9)2/h7-8,12,14H,4-6H2,1-3H3. The van der Waals surface area contributed by atoms with Gasteiger partial charge in [0.2, 0.25) is 0 Å². The minimum absolute atomic E-state index is 0.485. The van der Waals surface area contributed by atoms with Crippen molar-refractivity contribution in [2.24, 2.45) is 0 Å². The normalized spacial score (nSPS) is 20.6. The molecule has 82 valence electrons. The molecule has 1 atom stereocenters. The summed E-state index contributed by atoms with van der Waals surface area (Å²) in [5.74, 6) is 1.03. The molecule has 0 saturated carbocycles. The van der Waals surface area contributed by atoms with E-state index in [1.807, 2.05) is 0 Å². The van der Waals surface area contributed by atoms with Gasteiger partial charge in [-0.2, -0.15) is 0 Å². The predicted molar refractivity (Wildman–Crippen MR) is 62.4 cm³/mol. The molecule has 0 spiro atoms. The number of hydrogen-bond acceptors (Lipinski definition) is 2. The molecular formula is C13H19NO. The van der Waals surface area contributed by atoms with E-state index < -0.39 is 0 Å². The van der Waals surface area contributed by atoms with E-state index in [4.69, 9.17) is 4.74 Å². The number of aryl methyl sites for hydroxylation is 2. The Hall–Kier alpha value is -1.02. The second-order valence-electron chi connectivity index (χ2n) is 4.33. The third-order valence-corrected chi connectivity index (χ3v) is 3.28. The largest absolute Gasteiger partial charge is 0.496 e. The van der Waals surface area contributed by atoms with Crippen molar-refractivity contribution >= 4 is 0 Å². The third kappa shape index (κ3) is 2.00. The lowest BCUT2D eigenvalue weighted by Gasteiger charge is -2.17. The summed E-state index contributed by atoms with van der Waals surface area (Å²) in [6.45, 7) is 5.41. The average molecular weight is 205 g/mol. The Morgan fingerprint density at radius 2 is 2.00 bits per heavy atom. The van der Waals surface area contributed by atoms with Crippen molar-refractivity contribution in [2.45, 2.75) is 32.7 Å². The summed E-state index contributed by atoms with van der Waals surface area (Å²) in [5.41, 5.74) is 3.96. The van der Waals surface area contributed by atoms with Crippen LogP contribution in [0.3, 0.4) is 0 Å². The van der Waals surface area contributed by atoms with Crippen molar-refractivity contribution in [3.8, 4) is 5.75 Å². The molecular weight excluding hydrogens is 186 g/mol. The number of methoxy groups -OCH3 is 1. The Kier molecular flexibility index (Phi) is 2.96. The number of benzene rings is 1. The second kappa shape index (κ2) is 4.23. The molecule has 1 saturated heterocycles. The van der Waals surface area contributed by atoms with Gasteiger partial charge in [-0.3, -0.25) is 0 Å². The third-order valence-electron chi connectivity index (χ3n) is 3.28. The van der Waals surface area contributed by atoms with Gasteiger partial charge in [0.15, 0.2) is 0 Å². The zero-order valence-corrected chi connectivity index (χ0v) is 9.76. The van der Waals surface area contributed by atoms with Crippen molar-refractivity contribution < 1.29 is 4.74 Å². The fraction of sp³-hybridized carbons (Fsp3) is 0.538. The average Bonchev–Trinajstić information content (AvgIpc) is 2.74. The quantitative estimate of drug-likeness (QED) is 0.801. The van der Waals surface area contributed by atoms with Crippen LogP contribution < -0.4 is 10.1 Å². The fourth-order valence-electron chi connectivity index (χ4n) is 2.21. The number of hydrogen-bond donors (Lipinski definition) is 1. The Balaban J connectivity index is 2.39. The first-order valence-corrected chi connectivity index (χ1v) is 5.61. The van der Waals surface area contributed by atoms with Crippen LogP contribution in [0.15, 0.2) is 12.1 Å². The summed E-state index contributed by atoms with van der Waals surface area (Å²) in [6, 6.07) is 4.89. The lowest BCUT2D eigenvalue weighted by molar-refractivity contribution is 0.403. The van der Waals surface area contributed by atoms with Crippen LogP contribution in [-0.4, -0.2) is 13.7 Å². The van der Waals surface area contributed by atoms with Gasteiger partial charge in [-0.15, -0.1) is 0 Å². The van der Waals surface area contributed by atoms with Crippen LogP contribution in [0.5, 0.6) is 5.75 Å². The van der Waals surface area contributed by atoms with Crippen molar-refractivity contribution in [1.29, 1.82) is 0 Å². The molecule has 15 heavy (non-hydrogen) atoms. The van der Waals surface area contributed by atoms with E-state index in [1.165, 1.54) is 29.5 Å². The summed E-state index contributed by atoms with van der Waals surface area (Å²) >= 11 is 0. The highest BCUT2D eigenvalue weighted by Gasteiger charge is 2.20. The Bertz CT molecular complexity index is 354. The van der Waals surface area contributed by atoms with Crippen LogP contribution in [-0.2, 0) is 0 Å². The highest BCUT2D eigenvalue weighted by Crippen LogP contribution is 2.32. The SMILES string of the molecule is COc1cc(C)c(C)cc1C1CCCN1. The lowest BCUT2D eigenvalue weighted by atomic mass is 9.99. The monoisotopic (exact) mass is 205 g/mol. The summed E-state index contributed by atoms with van der Waals surface area (Å²) in [5, 5.41) is 3.51. The molecule has 0 aliphatic carbocycles. The van der Waals surface area contributed by atoms with Gasteiger partial charge in [0.25, 0.3) is 0 Å². The van der Waals surface area contributed by atoms with Gasteiger partial charge in [-0.1, -0.05) is 6.07 Å². The molecule has 2 rings (SSSR count). The van der Waals surface area contributed by atoms with Crippen LogP contribution >= 0.6 is 0 Å². The molecule has 0 radical (unpaired) electrons. The number of nitrogens with one attached hydrogen (secondary N) is 1. The Morgan fingerprint density at radius 3 is 2.60 bits per heavy atom. The summed E-state index contributed by atoms with van der Waals surface area (Å²) in [6.07, 6.45) is 2.49. The molecule has 2 nitrogen and oxygen atoms in total. The predicted octanol–water partition coefficient (Wildman–Crippen LogP) is 2.74. The van der Waals surface area contributed by atoms with Gasteiger partial charge in [0, 0.05) is 11.6 Å². The van der Waals surface area contributed by atoms with Gasteiger partial charge in [0.05, 0.1) is 7.11 Å². The maximum absolute atomic E-state index is 5.45. The minimum Gasteiger partial charge on any atom is -0.496 e. The molecule has 1 heterocycles. The molecule has 1 fully saturated rings. The summed E-state index contributed by atoms with van der Waals surface area (Å²) in [7, 11) is 1.75. The first kappa shape index (κ1) is 10.5. The van der Waals surface area contributed by atoms with E-state index in [0.717, 1.165) is 12.3 Å². The summed E-state index contributed by atoms with van der Waals surface area (Å²) < 4.78 is 5.45. The first-order valence-electron chi connectivity index (χ1n) is 5.61. The highest BCUT2D eigenvalue weighted by atomic mass is 16.5. The van der Waals surface area contributed by atoms with E-state index >= 15 is 0 Å². The van der Waals surface area contributed by atoms with Crippen LogP contribution in [0.2, 0.25) is 0 Å². The molecule has 1 unspecified atom stereocenters. The number of rotatable bonds is 2. The van der Waals surface area contributed by atoms with Gasteiger partial charge >= 0.3 is 0 Å². The second-order valence-corrected chi connectivity index (χ2v) is 4.33. The molecule has 0 aromatic heterocycles. The lowest BCUT2D eigenvalue weighted by Crippen LogP contribution is -2.14. The van der Waals surface area contributed by atoms with E-state index in [9.17, 15) is 0 Å². The van der Waals surface area contributed by atoms with Crippen LogP contribution in [0.4, 0.5) is 0 Å². The van der Waals surface area contributed by atoms with E-state index in [0.29, 0.717) is 6.04 Å². The van der Waals surface area contributed by atoms with Crippen molar-refractivity contribution in [3.63, 3.8) is 0 Å². The molecule has 1 aliphatic heterocycles. The fourth-order valence-corrected chi connectivity index (χ4v) is 2.21. The van der Waals surface area contributed by atoms with Crippen molar-refractivity contribution in [3.05, 3.63) is 28.8 Å². The van der Waals surface area contributed by atoms with E-state index in [2.05, 4.69) is 31.3 Å². The molecule has 1 aliphatic rings. The van der Waals surface area contributed by atoms with Gasteiger partial charge in [-0.05, 0) is 50.4 Å². The van der Waals surface area contributed by atoms with Gasteiger partial charge in [0.1, 0.15) is 5.75 Å². The molecule has 0 bridgehead atoms. The zero-order chi connectivity index (χ0) is 10.8. The first-order chi connectivity index (χ1) is 7.22. The van der Waals surface area contributed by atoms with Gasteiger partial charge in [-0.25, -0.2) is 0 Å².